The third-order valence-corrected chi connectivity index (χ3v) is 6.92. The Morgan fingerprint density at radius 3 is 2.58 bits per heavy atom. The van der Waals surface area contributed by atoms with Gasteiger partial charge in [0.15, 0.2) is 11.5 Å². The number of fused-ring (bicyclic) bond motifs is 1. The zero-order chi connectivity index (χ0) is 27.1. The lowest BCUT2D eigenvalue weighted by Crippen LogP contribution is -2.48. The smallest absolute Gasteiger partial charge is 0.320 e. The predicted molar refractivity (Wildman–Crippen MR) is 147 cm³/mol. The van der Waals surface area contributed by atoms with Crippen molar-refractivity contribution in [2.75, 3.05) is 40.9 Å². The first kappa shape index (κ1) is 27.3. The fourth-order valence-corrected chi connectivity index (χ4v) is 4.73. The first-order valence-electron chi connectivity index (χ1n) is 13.4. The largest absolute Gasteiger partial charge is 0.493 e. The van der Waals surface area contributed by atoms with E-state index in [1.54, 1.807) is 32.3 Å². The molecule has 0 radical (unpaired) electrons. The lowest BCUT2D eigenvalue weighted by molar-refractivity contribution is -0.129. The number of carbonyl (C=O) groups excluding carboxylic acids is 2. The summed E-state index contributed by atoms with van der Waals surface area (Å²) in [7, 11) is 5.13. The fourth-order valence-electron chi connectivity index (χ4n) is 4.73. The lowest BCUT2D eigenvalue weighted by Gasteiger charge is -2.36. The van der Waals surface area contributed by atoms with Crippen molar-refractivity contribution in [3.63, 3.8) is 0 Å². The van der Waals surface area contributed by atoms with Crippen LogP contribution >= 0.6 is 0 Å². The van der Waals surface area contributed by atoms with Crippen LogP contribution in [0, 0.1) is 0 Å². The second-order valence-electron chi connectivity index (χ2n) is 9.96. The van der Waals surface area contributed by atoms with Crippen LogP contribution < -0.4 is 9.47 Å². The normalized spacial score (nSPS) is 13.7. The van der Waals surface area contributed by atoms with Crippen LogP contribution in [0.2, 0.25) is 0 Å². The van der Waals surface area contributed by atoms with Crippen LogP contribution in [0.15, 0.2) is 42.7 Å². The summed E-state index contributed by atoms with van der Waals surface area (Å²) in [6, 6.07) is 9.85. The third-order valence-electron chi connectivity index (χ3n) is 6.92. The highest BCUT2D eigenvalue weighted by Gasteiger charge is 2.27. The van der Waals surface area contributed by atoms with Crippen molar-refractivity contribution < 1.29 is 19.1 Å². The summed E-state index contributed by atoms with van der Waals surface area (Å²) in [6.45, 7) is 5.47. The Labute approximate surface area is 224 Å². The summed E-state index contributed by atoms with van der Waals surface area (Å²) in [5, 5.41) is 0.962. The second kappa shape index (κ2) is 12.7. The number of carbonyl (C=O) groups is 2. The average Bonchev–Trinajstić information content (AvgIpc) is 3.32. The molecule has 9 heteroatoms. The van der Waals surface area contributed by atoms with Gasteiger partial charge in [-0.15, -0.1) is 0 Å². The second-order valence-corrected chi connectivity index (χ2v) is 9.96. The SMILES string of the molecule is CCCCCOc1cc(CN2CCCN(Cc3ccnc4c3ccn4CC(=O)N(C)C)C2=O)ccc1OC. The molecule has 3 aromatic rings. The van der Waals surface area contributed by atoms with Crippen molar-refractivity contribution in [1.29, 1.82) is 0 Å². The molecule has 0 aliphatic carbocycles. The number of aromatic nitrogens is 2. The van der Waals surface area contributed by atoms with E-state index in [9.17, 15) is 9.59 Å². The number of unbranched alkanes of at least 4 members (excludes halogenated alkanes) is 2. The number of urea groups is 1. The molecule has 2 aromatic heterocycles. The van der Waals surface area contributed by atoms with Gasteiger partial charge >= 0.3 is 6.03 Å². The molecule has 1 aliphatic rings. The Hall–Kier alpha value is -3.75. The first-order valence-corrected chi connectivity index (χ1v) is 13.4. The van der Waals surface area contributed by atoms with Gasteiger partial charge in [-0.25, -0.2) is 9.78 Å². The van der Waals surface area contributed by atoms with E-state index >= 15 is 0 Å². The summed E-state index contributed by atoms with van der Waals surface area (Å²) < 4.78 is 13.3. The number of nitrogens with zero attached hydrogens (tertiary/aromatic N) is 5. The number of benzene rings is 1. The molecule has 204 valence electrons. The molecule has 0 saturated carbocycles. The van der Waals surface area contributed by atoms with Crippen molar-refractivity contribution in [2.45, 2.75) is 52.2 Å². The Bertz CT molecular complexity index is 1250. The molecule has 4 rings (SSSR count). The van der Waals surface area contributed by atoms with Crippen LogP contribution in [0.1, 0.15) is 43.7 Å². The maximum Gasteiger partial charge on any atom is 0.320 e. The highest BCUT2D eigenvalue weighted by Crippen LogP contribution is 2.30. The van der Waals surface area contributed by atoms with Gasteiger partial charge in [0.05, 0.1) is 13.7 Å². The minimum Gasteiger partial charge on any atom is -0.493 e. The molecule has 1 saturated heterocycles. The summed E-state index contributed by atoms with van der Waals surface area (Å²) in [5.74, 6) is 1.43. The molecule has 0 atom stereocenters. The van der Waals surface area contributed by atoms with Gasteiger partial charge in [0, 0.05) is 58.1 Å². The summed E-state index contributed by atoms with van der Waals surface area (Å²) in [5.41, 5.74) is 2.79. The molecule has 1 fully saturated rings. The Kier molecular flexibility index (Phi) is 9.10. The number of likely N-dealkylation sites (N-methyl/N-ethyl adjacent to an activating group) is 1. The quantitative estimate of drug-likeness (QED) is 0.327. The molecule has 0 spiro atoms. The summed E-state index contributed by atoms with van der Waals surface area (Å²) in [6.07, 6.45) is 7.80. The van der Waals surface area contributed by atoms with Crippen molar-refractivity contribution in [3.05, 3.63) is 53.9 Å². The van der Waals surface area contributed by atoms with Gasteiger partial charge in [-0.1, -0.05) is 25.8 Å². The molecule has 38 heavy (non-hydrogen) atoms. The zero-order valence-electron chi connectivity index (χ0n) is 23.0. The maximum atomic E-state index is 13.5. The molecule has 3 amide bonds. The van der Waals surface area contributed by atoms with E-state index in [2.05, 4.69) is 11.9 Å². The van der Waals surface area contributed by atoms with Crippen molar-refractivity contribution in [1.82, 2.24) is 24.3 Å². The van der Waals surface area contributed by atoms with Gasteiger partial charge in [0.25, 0.3) is 0 Å². The van der Waals surface area contributed by atoms with Gasteiger partial charge in [0.1, 0.15) is 12.2 Å². The van der Waals surface area contributed by atoms with Crippen molar-refractivity contribution in [3.8, 4) is 11.5 Å². The zero-order valence-corrected chi connectivity index (χ0v) is 23.0. The number of hydrogen-bond donors (Lipinski definition) is 0. The van der Waals surface area contributed by atoms with Gasteiger partial charge in [-0.2, -0.15) is 0 Å². The molecule has 3 heterocycles. The third kappa shape index (κ3) is 6.38. The number of amides is 3. The number of ether oxygens (including phenoxy) is 2. The topological polar surface area (TPSA) is 80.1 Å². The van der Waals surface area contributed by atoms with Gasteiger partial charge in [-0.3, -0.25) is 4.79 Å². The minimum atomic E-state index is 0.00426. The fraction of sp³-hybridized carbons (Fsp3) is 0.483. The van der Waals surface area contributed by atoms with E-state index in [0.29, 0.717) is 38.5 Å². The number of methoxy groups -OCH3 is 1. The number of rotatable bonds is 12. The standard InChI is InChI=1S/C29H39N5O4/c1-5-6-7-17-38-26-18-22(9-10-25(26)37-4)19-33-14-8-15-34(29(33)36)20-23-11-13-30-28-24(23)12-16-32(28)21-27(35)31(2)3/h9-13,16,18H,5-8,14-15,17,19-21H2,1-4H3. The highest BCUT2D eigenvalue weighted by atomic mass is 16.5. The van der Waals surface area contributed by atoms with E-state index in [1.807, 2.05) is 50.9 Å². The number of pyridine rings is 1. The average molecular weight is 522 g/mol. The van der Waals surface area contributed by atoms with Crippen LogP contribution in [0.25, 0.3) is 11.0 Å². The van der Waals surface area contributed by atoms with Gasteiger partial charge in [0.2, 0.25) is 5.91 Å². The van der Waals surface area contributed by atoms with Crippen LogP contribution in [-0.2, 0) is 24.4 Å². The predicted octanol–water partition coefficient (Wildman–Crippen LogP) is 4.53. The van der Waals surface area contributed by atoms with Crippen LogP contribution in [-0.4, -0.2) is 77.1 Å². The Morgan fingerprint density at radius 2 is 1.84 bits per heavy atom. The van der Waals surface area contributed by atoms with E-state index < -0.39 is 0 Å². The van der Waals surface area contributed by atoms with Crippen molar-refractivity contribution >= 4 is 23.0 Å². The van der Waals surface area contributed by atoms with Gasteiger partial charge < -0.3 is 28.7 Å². The summed E-state index contributed by atoms with van der Waals surface area (Å²) >= 11 is 0. The monoisotopic (exact) mass is 521 g/mol. The van der Waals surface area contributed by atoms with Crippen LogP contribution in [0.4, 0.5) is 4.79 Å². The van der Waals surface area contributed by atoms with E-state index in [4.69, 9.17) is 9.47 Å². The van der Waals surface area contributed by atoms with E-state index in [1.165, 1.54) is 0 Å². The highest BCUT2D eigenvalue weighted by molar-refractivity contribution is 5.83. The first-order chi connectivity index (χ1) is 18.4. The molecular formula is C29H39N5O4. The molecule has 1 aliphatic heterocycles. The van der Waals surface area contributed by atoms with E-state index in [-0.39, 0.29) is 18.5 Å². The van der Waals surface area contributed by atoms with Crippen LogP contribution in [0.3, 0.4) is 0 Å². The van der Waals surface area contributed by atoms with E-state index in [0.717, 1.165) is 53.6 Å². The van der Waals surface area contributed by atoms with Gasteiger partial charge in [-0.05, 0) is 48.2 Å². The van der Waals surface area contributed by atoms with Crippen LogP contribution in [0.5, 0.6) is 11.5 Å². The summed E-state index contributed by atoms with van der Waals surface area (Å²) in [4.78, 5) is 35.6. The molecular weight excluding hydrogens is 482 g/mol. The van der Waals surface area contributed by atoms with Crippen molar-refractivity contribution in [2.24, 2.45) is 0 Å². The molecule has 0 unspecified atom stereocenters. The minimum absolute atomic E-state index is 0.00426. The number of hydrogen-bond acceptors (Lipinski definition) is 5. The molecule has 9 nitrogen and oxygen atoms in total. The maximum absolute atomic E-state index is 13.5. The molecule has 0 N–H and O–H groups in total. The molecule has 1 aromatic carbocycles. The Balaban J connectivity index is 1.45. The lowest BCUT2D eigenvalue weighted by atomic mass is 10.1. The molecule has 0 bridgehead atoms. The Morgan fingerprint density at radius 1 is 1.05 bits per heavy atom.